The number of methoxy groups -OCH3 is 1. The van der Waals surface area contributed by atoms with E-state index in [0.29, 0.717) is 5.92 Å². The first-order valence-corrected chi connectivity index (χ1v) is 6.21. The molecule has 1 atom stereocenters. The molecule has 8 heteroatoms. The maximum atomic E-state index is 11.7. The van der Waals surface area contributed by atoms with Crippen molar-refractivity contribution < 1.29 is 14.3 Å². The number of tetrazole rings is 1. The molecule has 1 N–H and O–H groups in total. The maximum Gasteiger partial charge on any atom is 0.313 e. The van der Waals surface area contributed by atoms with E-state index >= 15 is 0 Å². The SMILES string of the molecule is COC(=O)Cc1nnn(CC(=O)N[C@@H](C)C2CC2)n1. The Morgan fingerprint density at radius 3 is 2.89 bits per heavy atom. The minimum absolute atomic E-state index is 0.00519. The second-order valence-corrected chi connectivity index (χ2v) is 4.68. The molecule has 0 aromatic carbocycles. The van der Waals surface area contributed by atoms with Gasteiger partial charge in [-0.2, -0.15) is 4.80 Å². The lowest BCUT2D eigenvalue weighted by Crippen LogP contribution is -2.36. The summed E-state index contributed by atoms with van der Waals surface area (Å²) in [6, 6.07) is 0.186. The summed E-state index contributed by atoms with van der Waals surface area (Å²) in [5.74, 6) is 0.255. The molecule has 0 unspecified atom stereocenters. The molecule has 2 rings (SSSR count). The predicted octanol–water partition coefficient (Wildman–Crippen LogP) is -0.697. The lowest BCUT2D eigenvalue weighted by atomic mass is 10.2. The fraction of sp³-hybridized carbons (Fsp3) is 0.727. The molecular formula is C11H17N5O3. The van der Waals surface area contributed by atoms with Gasteiger partial charge in [-0.05, 0) is 30.9 Å². The number of ether oxygens (including phenoxy) is 1. The van der Waals surface area contributed by atoms with Crippen LogP contribution >= 0.6 is 0 Å². The summed E-state index contributed by atoms with van der Waals surface area (Å²) in [7, 11) is 1.29. The van der Waals surface area contributed by atoms with Crippen molar-refractivity contribution in [1.82, 2.24) is 25.5 Å². The van der Waals surface area contributed by atoms with Crippen molar-refractivity contribution in [3.05, 3.63) is 5.82 Å². The van der Waals surface area contributed by atoms with Gasteiger partial charge in [0.05, 0.1) is 7.11 Å². The molecule has 0 saturated heterocycles. The van der Waals surface area contributed by atoms with Gasteiger partial charge in [-0.25, -0.2) is 0 Å². The molecule has 1 aliphatic rings. The number of aromatic nitrogens is 4. The summed E-state index contributed by atoms with van der Waals surface area (Å²) in [6.45, 7) is 2.00. The summed E-state index contributed by atoms with van der Waals surface area (Å²) in [4.78, 5) is 23.9. The van der Waals surface area contributed by atoms with E-state index in [2.05, 4.69) is 25.5 Å². The molecule has 1 fully saturated rings. The first kappa shape index (κ1) is 13.4. The molecule has 1 aromatic heterocycles. The molecule has 1 aromatic rings. The summed E-state index contributed by atoms with van der Waals surface area (Å²) in [5.41, 5.74) is 0. The quantitative estimate of drug-likeness (QED) is 0.684. The zero-order valence-electron chi connectivity index (χ0n) is 11.0. The highest BCUT2D eigenvalue weighted by Crippen LogP contribution is 2.32. The second kappa shape index (κ2) is 5.77. The van der Waals surface area contributed by atoms with Crippen LogP contribution in [0.3, 0.4) is 0 Å². The van der Waals surface area contributed by atoms with E-state index in [-0.39, 0.29) is 30.7 Å². The van der Waals surface area contributed by atoms with E-state index < -0.39 is 5.97 Å². The molecule has 0 radical (unpaired) electrons. The van der Waals surface area contributed by atoms with E-state index in [1.54, 1.807) is 0 Å². The van der Waals surface area contributed by atoms with Crippen molar-refractivity contribution in [2.75, 3.05) is 7.11 Å². The van der Waals surface area contributed by atoms with Gasteiger partial charge in [-0.1, -0.05) is 0 Å². The van der Waals surface area contributed by atoms with E-state index in [9.17, 15) is 9.59 Å². The zero-order valence-corrected chi connectivity index (χ0v) is 11.0. The van der Waals surface area contributed by atoms with Gasteiger partial charge in [-0.15, -0.1) is 10.2 Å². The Morgan fingerprint density at radius 2 is 2.26 bits per heavy atom. The fourth-order valence-electron chi connectivity index (χ4n) is 1.76. The van der Waals surface area contributed by atoms with Gasteiger partial charge in [0, 0.05) is 6.04 Å². The summed E-state index contributed by atoms with van der Waals surface area (Å²) in [6.07, 6.45) is 2.30. The minimum atomic E-state index is -0.439. The molecule has 1 saturated carbocycles. The summed E-state index contributed by atoms with van der Waals surface area (Å²) >= 11 is 0. The molecule has 1 heterocycles. The average molecular weight is 267 g/mol. The van der Waals surface area contributed by atoms with E-state index in [1.807, 2.05) is 6.92 Å². The third-order valence-electron chi connectivity index (χ3n) is 3.03. The molecule has 1 amide bonds. The van der Waals surface area contributed by atoms with Crippen LogP contribution in [0, 0.1) is 5.92 Å². The lowest BCUT2D eigenvalue weighted by Gasteiger charge is -2.11. The number of nitrogens with one attached hydrogen (secondary N) is 1. The van der Waals surface area contributed by atoms with Crippen LogP contribution in [0.5, 0.6) is 0 Å². The van der Waals surface area contributed by atoms with Crippen molar-refractivity contribution in [2.24, 2.45) is 5.92 Å². The largest absolute Gasteiger partial charge is 0.469 e. The number of nitrogens with zero attached hydrogens (tertiary/aromatic N) is 4. The summed E-state index contributed by atoms with van der Waals surface area (Å²) in [5, 5.41) is 14.2. The van der Waals surface area contributed by atoms with E-state index in [0.717, 1.165) is 0 Å². The van der Waals surface area contributed by atoms with Crippen molar-refractivity contribution in [3.63, 3.8) is 0 Å². The number of hydrogen-bond donors (Lipinski definition) is 1. The van der Waals surface area contributed by atoms with Gasteiger partial charge in [0.1, 0.15) is 13.0 Å². The van der Waals surface area contributed by atoms with Crippen molar-refractivity contribution in [2.45, 2.75) is 38.8 Å². The highest BCUT2D eigenvalue weighted by molar-refractivity contribution is 5.75. The first-order chi connectivity index (χ1) is 9.08. The van der Waals surface area contributed by atoms with Gasteiger partial charge >= 0.3 is 5.97 Å². The van der Waals surface area contributed by atoms with Gasteiger partial charge < -0.3 is 10.1 Å². The Balaban J connectivity index is 1.81. The van der Waals surface area contributed by atoms with Crippen LogP contribution in [0.4, 0.5) is 0 Å². The number of carbonyl (C=O) groups excluding carboxylic acids is 2. The highest BCUT2D eigenvalue weighted by atomic mass is 16.5. The molecule has 104 valence electrons. The van der Waals surface area contributed by atoms with Crippen LogP contribution in [-0.4, -0.2) is 45.2 Å². The Hall–Kier alpha value is -1.99. The van der Waals surface area contributed by atoms with Gasteiger partial charge in [-0.3, -0.25) is 9.59 Å². The van der Waals surface area contributed by atoms with Crippen molar-refractivity contribution >= 4 is 11.9 Å². The highest BCUT2D eigenvalue weighted by Gasteiger charge is 2.28. The number of amides is 1. The van der Waals surface area contributed by atoms with Crippen molar-refractivity contribution in [1.29, 1.82) is 0 Å². The zero-order chi connectivity index (χ0) is 13.8. The van der Waals surface area contributed by atoms with Gasteiger partial charge in [0.2, 0.25) is 5.91 Å². The van der Waals surface area contributed by atoms with Crippen LogP contribution < -0.4 is 5.32 Å². The Bertz CT molecular complexity index is 469. The Morgan fingerprint density at radius 1 is 1.53 bits per heavy atom. The number of rotatable bonds is 6. The molecular weight excluding hydrogens is 250 g/mol. The smallest absolute Gasteiger partial charge is 0.313 e. The predicted molar refractivity (Wildman–Crippen MR) is 63.9 cm³/mol. The molecule has 0 aliphatic heterocycles. The van der Waals surface area contributed by atoms with Crippen LogP contribution in [0.1, 0.15) is 25.6 Å². The first-order valence-electron chi connectivity index (χ1n) is 6.21. The summed E-state index contributed by atoms with van der Waals surface area (Å²) < 4.78 is 4.50. The molecule has 8 nitrogen and oxygen atoms in total. The Kier molecular flexibility index (Phi) is 4.08. The topological polar surface area (TPSA) is 99.0 Å². The molecule has 1 aliphatic carbocycles. The van der Waals surface area contributed by atoms with E-state index in [4.69, 9.17) is 0 Å². The average Bonchev–Trinajstić information content (AvgIpc) is 3.13. The fourth-order valence-corrected chi connectivity index (χ4v) is 1.76. The standard InChI is InChI=1S/C11H17N5O3/c1-7(8-3-4-8)12-10(17)6-16-14-9(13-15-16)5-11(18)19-2/h7-8H,3-6H2,1-2H3,(H,12,17)/t7-/m0/s1. The number of hydrogen-bond acceptors (Lipinski definition) is 6. The van der Waals surface area contributed by atoms with Crippen LogP contribution in [0.2, 0.25) is 0 Å². The van der Waals surface area contributed by atoms with Crippen molar-refractivity contribution in [3.8, 4) is 0 Å². The van der Waals surface area contributed by atoms with Gasteiger partial charge in [0.25, 0.3) is 0 Å². The number of esters is 1. The van der Waals surface area contributed by atoms with Crippen LogP contribution in [0.25, 0.3) is 0 Å². The Labute approximate surface area is 110 Å². The molecule has 0 bridgehead atoms. The monoisotopic (exact) mass is 267 g/mol. The third-order valence-corrected chi connectivity index (χ3v) is 3.03. The normalized spacial score (nSPS) is 15.9. The third kappa shape index (κ3) is 4.01. The van der Waals surface area contributed by atoms with Crippen LogP contribution in [-0.2, 0) is 27.3 Å². The lowest BCUT2D eigenvalue weighted by molar-refractivity contribution is -0.139. The second-order valence-electron chi connectivity index (χ2n) is 4.68. The number of carbonyl (C=O) groups is 2. The minimum Gasteiger partial charge on any atom is -0.469 e. The van der Waals surface area contributed by atoms with E-state index in [1.165, 1.54) is 24.7 Å². The van der Waals surface area contributed by atoms with Gasteiger partial charge in [0.15, 0.2) is 5.82 Å². The molecule has 19 heavy (non-hydrogen) atoms. The molecule has 0 spiro atoms. The van der Waals surface area contributed by atoms with Crippen LogP contribution in [0.15, 0.2) is 0 Å². The maximum absolute atomic E-state index is 11.7.